The maximum absolute atomic E-state index is 12.0. The predicted octanol–water partition coefficient (Wildman–Crippen LogP) is -1.87. The van der Waals surface area contributed by atoms with Crippen LogP contribution in [0.15, 0.2) is 0 Å². The molecule has 0 saturated heterocycles. The number of hydrogen-bond donors (Lipinski definition) is 3. The highest BCUT2D eigenvalue weighted by atomic mass is 16.2. The molecule has 0 aliphatic carbocycles. The van der Waals surface area contributed by atoms with Crippen LogP contribution in [0.5, 0.6) is 0 Å². The molecule has 0 aromatic carbocycles. The van der Waals surface area contributed by atoms with Crippen LogP contribution in [0.3, 0.4) is 0 Å². The number of primary amides is 1. The van der Waals surface area contributed by atoms with Gasteiger partial charge in [0, 0.05) is 13.5 Å². The quantitative estimate of drug-likeness (QED) is 0.551. The van der Waals surface area contributed by atoms with E-state index in [1.165, 1.54) is 7.05 Å². The zero-order valence-electron chi connectivity index (χ0n) is 11.2. The van der Waals surface area contributed by atoms with Gasteiger partial charge in [0.25, 0.3) is 0 Å². The van der Waals surface area contributed by atoms with Crippen LogP contribution in [0.4, 0.5) is 4.79 Å². The molecule has 0 spiro atoms. The SMILES string of the molecule is CNC(=O)n1nnc(C(C)C(=O)[C@@H](N)CCC(N)=O)n1. The van der Waals surface area contributed by atoms with E-state index in [9.17, 15) is 14.4 Å². The molecule has 20 heavy (non-hydrogen) atoms. The summed E-state index contributed by atoms with van der Waals surface area (Å²) >= 11 is 0. The molecule has 110 valence electrons. The zero-order chi connectivity index (χ0) is 15.3. The van der Waals surface area contributed by atoms with Gasteiger partial charge in [0.2, 0.25) is 5.91 Å². The van der Waals surface area contributed by atoms with E-state index in [1.54, 1.807) is 6.92 Å². The Balaban J connectivity index is 2.71. The minimum Gasteiger partial charge on any atom is -0.370 e. The standard InChI is InChI=1S/C10H17N7O3/c1-5(8(19)6(11)3-4-7(12)18)9-14-16-17(15-9)10(20)13-2/h5-6H,3-4,11H2,1-2H3,(H2,12,18)(H,13,20)/t5?,6-/m0/s1. The van der Waals surface area contributed by atoms with E-state index < -0.39 is 23.9 Å². The smallest absolute Gasteiger partial charge is 0.360 e. The molecule has 1 aromatic heterocycles. The highest BCUT2D eigenvalue weighted by molar-refractivity contribution is 5.89. The fourth-order valence-electron chi connectivity index (χ4n) is 1.47. The number of hydrogen-bond acceptors (Lipinski definition) is 7. The Morgan fingerprint density at radius 3 is 2.60 bits per heavy atom. The Bertz CT molecular complexity index is 513. The molecule has 10 heteroatoms. The molecule has 0 saturated carbocycles. The van der Waals surface area contributed by atoms with E-state index in [1.807, 2.05) is 0 Å². The molecule has 1 aromatic rings. The zero-order valence-corrected chi connectivity index (χ0v) is 11.2. The van der Waals surface area contributed by atoms with E-state index in [0.717, 1.165) is 4.80 Å². The monoisotopic (exact) mass is 283 g/mol. The average Bonchev–Trinajstić information content (AvgIpc) is 2.91. The molecule has 0 aliphatic heterocycles. The Labute approximate surface area is 114 Å². The van der Waals surface area contributed by atoms with Crippen LogP contribution >= 0.6 is 0 Å². The summed E-state index contributed by atoms with van der Waals surface area (Å²) in [6, 6.07) is -1.41. The third kappa shape index (κ3) is 3.82. The van der Waals surface area contributed by atoms with Gasteiger partial charge in [0.15, 0.2) is 11.6 Å². The van der Waals surface area contributed by atoms with Gasteiger partial charge in [-0.05, 0) is 18.6 Å². The van der Waals surface area contributed by atoms with Gasteiger partial charge >= 0.3 is 6.03 Å². The molecule has 0 radical (unpaired) electrons. The third-order valence-electron chi connectivity index (χ3n) is 2.71. The predicted molar refractivity (Wildman–Crippen MR) is 67.5 cm³/mol. The molecule has 1 rings (SSSR count). The second-order valence-corrected chi connectivity index (χ2v) is 4.23. The van der Waals surface area contributed by atoms with E-state index >= 15 is 0 Å². The minimum absolute atomic E-state index is 0.0258. The van der Waals surface area contributed by atoms with Crippen molar-refractivity contribution in [3.63, 3.8) is 0 Å². The Morgan fingerprint density at radius 1 is 1.40 bits per heavy atom. The number of nitrogens with zero attached hydrogens (tertiary/aromatic N) is 4. The molecule has 1 unspecified atom stereocenters. The first-order valence-electron chi connectivity index (χ1n) is 5.96. The van der Waals surface area contributed by atoms with Gasteiger partial charge in [0.1, 0.15) is 0 Å². The Morgan fingerprint density at radius 2 is 2.05 bits per heavy atom. The first-order valence-corrected chi connectivity index (χ1v) is 5.96. The number of nitrogens with two attached hydrogens (primary N) is 2. The Hall–Kier alpha value is -2.36. The summed E-state index contributed by atoms with van der Waals surface area (Å²) in [5.41, 5.74) is 10.7. The van der Waals surface area contributed by atoms with Crippen LogP contribution in [0.2, 0.25) is 0 Å². The van der Waals surface area contributed by atoms with Crippen LogP contribution in [0.1, 0.15) is 31.5 Å². The first-order chi connectivity index (χ1) is 9.36. The summed E-state index contributed by atoms with van der Waals surface area (Å²) in [6.45, 7) is 1.55. The maximum Gasteiger partial charge on any atom is 0.360 e. The summed E-state index contributed by atoms with van der Waals surface area (Å²) in [4.78, 5) is 34.7. The third-order valence-corrected chi connectivity index (χ3v) is 2.71. The van der Waals surface area contributed by atoms with Crippen molar-refractivity contribution in [3.8, 4) is 0 Å². The van der Waals surface area contributed by atoms with E-state index in [2.05, 4.69) is 20.7 Å². The number of ketones is 1. The van der Waals surface area contributed by atoms with Gasteiger partial charge < -0.3 is 16.8 Å². The molecule has 0 fully saturated rings. The van der Waals surface area contributed by atoms with Crippen LogP contribution in [0, 0.1) is 0 Å². The van der Waals surface area contributed by atoms with Crippen molar-refractivity contribution in [3.05, 3.63) is 5.82 Å². The summed E-state index contributed by atoms with van der Waals surface area (Å²) in [6.07, 6.45) is 0.181. The molecular formula is C10H17N7O3. The van der Waals surface area contributed by atoms with E-state index in [4.69, 9.17) is 11.5 Å². The van der Waals surface area contributed by atoms with Crippen molar-refractivity contribution in [1.82, 2.24) is 25.5 Å². The Kier molecular flexibility index (Phi) is 5.26. The van der Waals surface area contributed by atoms with Gasteiger partial charge in [-0.25, -0.2) is 4.79 Å². The highest BCUT2D eigenvalue weighted by Gasteiger charge is 2.26. The second-order valence-electron chi connectivity index (χ2n) is 4.23. The van der Waals surface area contributed by atoms with Gasteiger partial charge in [-0.1, -0.05) is 4.80 Å². The van der Waals surface area contributed by atoms with Gasteiger partial charge in [0.05, 0.1) is 12.0 Å². The summed E-state index contributed by atoms with van der Waals surface area (Å²) in [5, 5.41) is 13.3. The fourth-order valence-corrected chi connectivity index (χ4v) is 1.47. The molecule has 0 aliphatic rings. The molecule has 2 amide bonds. The topological polar surface area (TPSA) is 159 Å². The fraction of sp³-hybridized carbons (Fsp3) is 0.600. The minimum atomic E-state index is -0.843. The first kappa shape index (κ1) is 15.7. The lowest BCUT2D eigenvalue weighted by Crippen LogP contribution is -2.35. The van der Waals surface area contributed by atoms with Crippen molar-refractivity contribution < 1.29 is 14.4 Å². The number of rotatable bonds is 6. The number of carbonyl (C=O) groups excluding carboxylic acids is 3. The lowest BCUT2D eigenvalue weighted by molar-refractivity contribution is -0.122. The lowest BCUT2D eigenvalue weighted by Gasteiger charge is -2.12. The highest BCUT2D eigenvalue weighted by Crippen LogP contribution is 2.13. The van der Waals surface area contributed by atoms with E-state index in [0.29, 0.717) is 0 Å². The summed E-state index contributed by atoms with van der Waals surface area (Å²) < 4.78 is 0. The van der Waals surface area contributed by atoms with Crippen molar-refractivity contribution in [2.45, 2.75) is 31.7 Å². The molecular weight excluding hydrogens is 266 g/mol. The number of tetrazole rings is 1. The lowest BCUT2D eigenvalue weighted by atomic mass is 9.96. The molecule has 0 bridgehead atoms. The molecule has 2 atom stereocenters. The number of Topliss-reactive ketones (excluding diaryl/α,β-unsaturated/α-hetero) is 1. The second kappa shape index (κ2) is 6.70. The normalized spacial score (nSPS) is 13.6. The summed E-state index contributed by atoms with van der Waals surface area (Å²) in [5.74, 6) is -1.50. The molecule has 1 heterocycles. The number of amides is 2. The summed E-state index contributed by atoms with van der Waals surface area (Å²) in [7, 11) is 1.42. The van der Waals surface area contributed by atoms with Crippen LogP contribution in [-0.4, -0.2) is 51.0 Å². The van der Waals surface area contributed by atoms with Crippen LogP contribution in [0.25, 0.3) is 0 Å². The largest absolute Gasteiger partial charge is 0.370 e. The van der Waals surface area contributed by atoms with Crippen molar-refractivity contribution >= 4 is 17.7 Å². The van der Waals surface area contributed by atoms with Gasteiger partial charge in [-0.15, -0.1) is 10.2 Å². The maximum atomic E-state index is 12.0. The molecule has 10 nitrogen and oxygen atoms in total. The van der Waals surface area contributed by atoms with Crippen LogP contribution in [-0.2, 0) is 9.59 Å². The number of aromatic nitrogens is 4. The van der Waals surface area contributed by atoms with Crippen LogP contribution < -0.4 is 16.8 Å². The molecule has 5 N–H and O–H groups in total. The number of carbonyl (C=O) groups is 3. The van der Waals surface area contributed by atoms with Gasteiger partial charge in [-0.3, -0.25) is 9.59 Å². The number of nitrogens with one attached hydrogen (secondary N) is 1. The van der Waals surface area contributed by atoms with Crippen molar-refractivity contribution in [1.29, 1.82) is 0 Å². The van der Waals surface area contributed by atoms with Crippen molar-refractivity contribution in [2.24, 2.45) is 11.5 Å². The van der Waals surface area contributed by atoms with E-state index in [-0.39, 0.29) is 24.4 Å². The van der Waals surface area contributed by atoms with Crippen molar-refractivity contribution in [2.75, 3.05) is 7.05 Å². The van der Waals surface area contributed by atoms with Gasteiger partial charge in [-0.2, -0.15) is 0 Å². The average molecular weight is 283 g/mol.